The molecule has 0 aliphatic heterocycles. The summed E-state index contributed by atoms with van der Waals surface area (Å²) < 4.78 is 27.3. The first kappa shape index (κ1) is 14.7. The van der Waals surface area contributed by atoms with Gasteiger partial charge in [-0.15, -0.1) is 0 Å². The summed E-state index contributed by atoms with van der Waals surface area (Å²) >= 11 is 0. The Bertz CT molecular complexity index is 545. The number of nitrogens with zero attached hydrogens (tertiary/aromatic N) is 2. The first-order valence-corrected chi connectivity index (χ1v) is 6.96. The second-order valence-electron chi connectivity index (χ2n) is 4.55. The van der Waals surface area contributed by atoms with Crippen molar-refractivity contribution in [2.45, 2.75) is 31.2 Å². The second kappa shape index (κ2) is 4.74. The summed E-state index contributed by atoms with van der Waals surface area (Å²) in [6, 6.07) is 1.45. The van der Waals surface area contributed by atoms with Crippen LogP contribution >= 0.6 is 0 Å². The van der Waals surface area contributed by atoms with Gasteiger partial charge in [-0.3, -0.25) is 4.79 Å². The van der Waals surface area contributed by atoms with Crippen LogP contribution in [0.15, 0.2) is 23.4 Å². The van der Waals surface area contributed by atoms with E-state index in [1.165, 1.54) is 26.1 Å². The zero-order valence-electron chi connectivity index (χ0n) is 10.9. The van der Waals surface area contributed by atoms with Crippen LogP contribution in [0.2, 0.25) is 0 Å². The van der Waals surface area contributed by atoms with Crippen molar-refractivity contribution >= 4 is 16.0 Å². The Morgan fingerprint density at radius 1 is 1.50 bits per heavy atom. The normalized spacial score (nSPS) is 12.9. The van der Waals surface area contributed by atoms with Crippen LogP contribution in [0.1, 0.15) is 20.8 Å². The van der Waals surface area contributed by atoms with Crippen molar-refractivity contribution in [3.8, 4) is 0 Å². The lowest BCUT2D eigenvalue weighted by molar-refractivity contribution is -0.146. The number of aromatic nitrogens is 1. The Kier molecular flexibility index (Phi) is 3.87. The van der Waals surface area contributed by atoms with E-state index < -0.39 is 21.5 Å². The topological polar surface area (TPSA) is 79.6 Å². The van der Waals surface area contributed by atoms with Crippen molar-refractivity contribution in [3.63, 3.8) is 0 Å². The molecule has 0 fully saturated rings. The number of sulfonamides is 1. The average Bonchev–Trinajstić information content (AvgIpc) is 2.65. The van der Waals surface area contributed by atoms with Crippen LogP contribution < -0.4 is 0 Å². The second-order valence-corrected chi connectivity index (χ2v) is 6.41. The molecular formula is C11H18N2O4S. The molecule has 1 aromatic rings. The molecule has 0 aromatic carbocycles. The van der Waals surface area contributed by atoms with Crippen molar-refractivity contribution in [1.29, 1.82) is 0 Å². The lowest BCUT2D eigenvalue weighted by atomic mass is 10.1. The first-order valence-electron chi connectivity index (χ1n) is 5.52. The maximum atomic E-state index is 12.4. The Balaban J connectivity index is 3.29. The third kappa shape index (κ3) is 2.41. The van der Waals surface area contributed by atoms with Gasteiger partial charge in [0.15, 0.2) is 0 Å². The summed E-state index contributed by atoms with van der Waals surface area (Å²) in [6.07, 6.45) is 3.06. The molecule has 0 spiro atoms. The van der Waals surface area contributed by atoms with Crippen LogP contribution in [-0.4, -0.2) is 40.4 Å². The van der Waals surface area contributed by atoms with Gasteiger partial charge in [-0.1, -0.05) is 6.92 Å². The lowest BCUT2D eigenvalue weighted by Crippen LogP contribution is -2.52. The summed E-state index contributed by atoms with van der Waals surface area (Å²) in [5, 5.41) is 9.15. The van der Waals surface area contributed by atoms with Gasteiger partial charge in [0.1, 0.15) is 5.54 Å². The van der Waals surface area contributed by atoms with Crippen molar-refractivity contribution in [2.75, 3.05) is 6.54 Å². The van der Waals surface area contributed by atoms with Crippen LogP contribution in [0.3, 0.4) is 0 Å². The fourth-order valence-electron chi connectivity index (χ4n) is 1.73. The molecule has 0 unspecified atom stereocenters. The van der Waals surface area contributed by atoms with E-state index in [-0.39, 0.29) is 11.4 Å². The zero-order valence-corrected chi connectivity index (χ0v) is 11.7. The summed E-state index contributed by atoms with van der Waals surface area (Å²) in [6.45, 7) is 4.46. The van der Waals surface area contributed by atoms with Gasteiger partial charge in [-0.05, 0) is 19.9 Å². The van der Waals surface area contributed by atoms with Crippen molar-refractivity contribution < 1.29 is 18.3 Å². The fraction of sp³-hybridized carbons (Fsp3) is 0.545. The van der Waals surface area contributed by atoms with E-state index in [1.807, 2.05) is 0 Å². The summed E-state index contributed by atoms with van der Waals surface area (Å²) in [5.74, 6) is -1.18. The number of carbonyl (C=O) groups is 1. The minimum atomic E-state index is -3.80. The highest BCUT2D eigenvalue weighted by Crippen LogP contribution is 2.24. The summed E-state index contributed by atoms with van der Waals surface area (Å²) in [5.41, 5.74) is -1.48. The van der Waals surface area contributed by atoms with E-state index >= 15 is 0 Å². The van der Waals surface area contributed by atoms with E-state index in [0.29, 0.717) is 0 Å². The first-order chi connectivity index (χ1) is 8.14. The highest BCUT2D eigenvalue weighted by Gasteiger charge is 2.41. The van der Waals surface area contributed by atoms with Crippen LogP contribution in [0, 0.1) is 0 Å². The maximum Gasteiger partial charge on any atom is 0.324 e. The number of hydrogen-bond donors (Lipinski definition) is 1. The molecular weight excluding hydrogens is 256 g/mol. The molecule has 1 heterocycles. The number of carboxylic acid groups (broad SMARTS) is 1. The largest absolute Gasteiger partial charge is 0.480 e. The highest BCUT2D eigenvalue weighted by atomic mass is 32.2. The van der Waals surface area contributed by atoms with Crippen molar-refractivity contribution in [3.05, 3.63) is 18.5 Å². The number of hydrogen-bond acceptors (Lipinski definition) is 3. The van der Waals surface area contributed by atoms with Gasteiger partial charge in [0.25, 0.3) is 0 Å². The molecule has 1 N–H and O–H groups in total. The minimum absolute atomic E-state index is 0.0938. The maximum absolute atomic E-state index is 12.4. The highest BCUT2D eigenvalue weighted by molar-refractivity contribution is 7.89. The van der Waals surface area contributed by atoms with Crippen LogP contribution in [0.25, 0.3) is 0 Å². The van der Waals surface area contributed by atoms with Crippen molar-refractivity contribution in [1.82, 2.24) is 8.87 Å². The number of aliphatic carboxylic acids is 1. The Labute approximate surface area is 107 Å². The standard InChI is InChI=1S/C11H18N2O4S/c1-5-13(11(2,3)10(14)15)18(16,17)9-6-7-12(4)8-9/h6-8H,5H2,1-4H3,(H,14,15). The van der Waals surface area contributed by atoms with E-state index in [0.717, 1.165) is 4.31 Å². The summed E-state index contributed by atoms with van der Waals surface area (Å²) in [7, 11) is -2.10. The third-order valence-electron chi connectivity index (χ3n) is 2.83. The van der Waals surface area contributed by atoms with E-state index in [9.17, 15) is 13.2 Å². The number of aryl methyl sites for hydroxylation is 1. The molecule has 0 amide bonds. The predicted molar refractivity (Wildman–Crippen MR) is 66.7 cm³/mol. The lowest BCUT2D eigenvalue weighted by Gasteiger charge is -2.32. The molecule has 0 aliphatic carbocycles. The molecule has 0 saturated heterocycles. The monoisotopic (exact) mass is 274 g/mol. The zero-order chi connectivity index (χ0) is 14.1. The Hall–Kier alpha value is -1.34. The average molecular weight is 274 g/mol. The molecule has 0 radical (unpaired) electrons. The molecule has 7 heteroatoms. The quantitative estimate of drug-likeness (QED) is 0.865. The Morgan fingerprint density at radius 2 is 2.06 bits per heavy atom. The number of carboxylic acids is 1. The molecule has 102 valence electrons. The van der Waals surface area contributed by atoms with Gasteiger partial charge in [0, 0.05) is 26.0 Å². The molecule has 0 bridgehead atoms. The molecule has 0 aliphatic rings. The van der Waals surface area contributed by atoms with Gasteiger partial charge < -0.3 is 9.67 Å². The van der Waals surface area contributed by atoms with E-state index in [2.05, 4.69) is 0 Å². The molecule has 6 nitrogen and oxygen atoms in total. The van der Waals surface area contributed by atoms with Crippen molar-refractivity contribution in [2.24, 2.45) is 7.05 Å². The van der Waals surface area contributed by atoms with Gasteiger partial charge in [-0.2, -0.15) is 4.31 Å². The van der Waals surface area contributed by atoms with Crippen LogP contribution in [0.4, 0.5) is 0 Å². The van der Waals surface area contributed by atoms with Crippen LogP contribution in [-0.2, 0) is 21.9 Å². The third-order valence-corrected chi connectivity index (χ3v) is 4.96. The van der Waals surface area contributed by atoms with Gasteiger partial charge >= 0.3 is 5.97 Å². The molecule has 1 aromatic heterocycles. The van der Waals surface area contributed by atoms with Gasteiger partial charge in [-0.25, -0.2) is 8.42 Å². The summed E-state index contributed by atoms with van der Waals surface area (Å²) in [4.78, 5) is 11.3. The predicted octanol–water partition coefficient (Wildman–Crippen LogP) is 0.899. The number of likely N-dealkylation sites (N-methyl/N-ethyl adjacent to an activating group) is 1. The molecule has 18 heavy (non-hydrogen) atoms. The molecule has 0 atom stereocenters. The molecule has 0 saturated carbocycles. The number of rotatable bonds is 5. The van der Waals surface area contributed by atoms with Gasteiger partial charge in [0.05, 0.1) is 4.90 Å². The van der Waals surface area contributed by atoms with E-state index in [1.54, 1.807) is 24.7 Å². The van der Waals surface area contributed by atoms with Crippen LogP contribution in [0.5, 0.6) is 0 Å². The minimum Gasteiger partial charge on any atom is -0.480 e. The fourth-order valence-corrected chi connectivity index (χ4v) is 3.54. The van der Waals surface area contributed by atoms with Gasteiger partial charge in [0.2, 0.25) is 10.0 Å². The Morgan fingerprint density at radius 3 is 2.39 bits per heavy atom. The van der Waals surface area contributed by atoms with E-state index in [4.69, 9.17) is 5.11 Å². The molecule has 1 rings (SSSR count). The smallest absolute Gasteiger partial charge is 0.324 e. The SMILES string of the molecule is CCN(C(C)(C)C(=O)O)S(=O)(=O)c1ccn(C)c1.